The summed E-state index contributed by atoms with van der Waals surface area (Å²) in [5, 5.41) is 14.4. The third-order valence-corrected chi connectivity index (χ3v) is 4.10. The molecule has 1 saturated heterocycles. The van der Waals surface area contributed by atoms with Crippen molar-refractivity contribution in [1.29, 1.82) is 0 Å². The van der Waals surface area contributed by atoms with Gasteiger partial charge in [0.1, 0.15) is 0 Å². The van der Waals surface area contributed by atoms with E-state index in [9.17, 15) is 10.1 Å². The molecule has 1 atom stereocenters. The molecule has 0 aromatic carbocycles. The molecular formula is C14H22N4O2. The molecule has 0 radical (unpaired) electrons. The largest absolute Gasteiger partial charge is 0.310 e. The molecule has 1 aromatic rings. The number of hydrogen-bond acceptors (Lipinski definition) is 5. The van der Waals surface area contributed by atoms with Crippen LogP contribution in [0.5, 0.6) is 0 Å². The van der Waals surface area contributed by atoms with Crippen molar-refractivity contribution in [2.75, 3.05) is 20.1 Å². The van der Waals surface area contributed by atoms with Gasteiger partial charge in [0.25, 0.3) is 5.69 Å². The topological polar surface area (TPSA) is 71.3 Å². The Morgan fingerprint density at radius 2 is 2.30 bits per heavy atom. The van der Waals surface area contributed by atoms with E-state index >= 15 is 0 Å². The number of rotatable bonds is 5. The van der Waals surface area contributed by atoms with Gasteiger partial charge in [0.2, 0.25) is 0 Å². The van der Waals surface area contributed by atoms with Crippen molar-refractivity contribution in [2.45, 2.75) is 39.3 Å². The van der Waals surface area contributed by atoms with E-state index < -0.39 is 0 Å². The van der Waals surface area contributed by atoms with Gasteiger partial charge in [-0.3, -0.25) is 15.1 Å². The average molecular weight is 278 g/mol. The van der Waals surface area contributed by atoms with Crippen LogP contribution in [-0.2, 0) is 6.54 Å². The van der Waals surface area contributed by atoms with Gasteiger partial charge < -0.3 is 10.2 Å². The van der Waals surface area contributed by atoms with Gasteiger partial charge in [-0.1, -0.05) is 0 Å². The standard InChI is InChI=1S/C14H22N4O2/c1-10-7-16-13(11(2)14(10)18(19)20)9-15-8-12-5-4-6-17(12)3/h7,12,15H,4-6,8-9H2,1-3H3. The van der Waals surface area contributed by atoms with Gasteiger partial charge >= 0.3 is 0 Å². The van der Waals surface area contributed by atoms with Gasteiger partial charge in [0, 0.05) is 36.5 Å². The van der Waals surface area contributed by atoms with Crippen LogP contribution in [0.25, 0.3) is 0 Å². The molecule has 0 spiro atoms. The van der Waals surface area contributed by atoms with Gasteiger partial charge in [0.05, 0.1) is 10.6 Å². The maximum Gasteiger partial charge on any atom is 0.278 e. The summed E-state index contributed by atoms with van der Waals surface area (Å²) in [7, 11) is 2.14. The second kappa shape index (κ2) is 6.28. The van der Waals surface area contributed by atoms with Gasteiger partial charge in [0.15, 0.2) is 0 Å². The summed E-state index contributed by atoms with van der Waals surface area (Å²) in [6.45, 7) is 6.13. The first-order chi connectivity index (χ1) is 9.50. The van der Waals surface area contributed by atoms with Gasteiger partial charge in [-0.15, -0.1) is 0 Å². The van der Waals surface area contributed by atoms with E-state index in [1.165, 1.54) is 12.8 Å². The minimum absolute atomic E-state index is 0.190. The fourth-order valence-electron chi connectivity index (χ4n) is 2.82. The summed E-state index contributed by atoms with van der Waals surface area (Å²) in [5.41, 5.74) is 2.24. The highest BCUT2D eigenvalue weighted by Crippen LogP contribution is 2.24. The van der Waals surface area contributed by atoms with E-state index in [0.717, 1.165) is 18.8 Å². The second-order valence-corrected chi connectivity index (χ2v) is 5.53. The smallest absolute Gasteiger partial charge is 0.278 e. The molecule has 1 fully saturated rings. The molecule has 1 unspecified atom stereocenters. The number of nitro groups is 1. The molecule has 0 amide bonds. The molecule has 0 bridgehead atoms. The summed E-state index contributed by atoms with van der Waals surface area (Å²) < 4.78 is 0. The zero-order chi connectivity index (χ0) is 14.7. The third kappa shape index (κ3) is 3.13. The number of likely N-dealkylation sites (tertiary alicyclic amines) is 1. The van der Waals surface area contributed by atoms with Gasteiger partial charge in [-0.25, -0.2) is 0 Å². The van der Waals surface area contributed by atoms with Crippen LogP contribution < -0.4 is 5.32 Å². The lowest BCUT2D eigenvalue weighted by Crippen LogP contribution is -2.35. The monoisotopic (exact) mass is 278 g/mol. The number of pyridine rings is 1. The quantitative estimate of drug-likeness (QED) is 0.656. The molecule has 0 aliphatic carbocycles. The van der Waals surface area contributed by atoms with Crippen molar-refractivity contribution in [3.05, 3.63) is 33.1 Å². The molecule has 110 valence electrons. The molecular weight excluding hydrogens is 256 g/mol. The minimum Gasteiger partial charge on any atom is -0.310 e. The summed E-state index contributed by atoms with van der Waals surface area (Å²) in [6, 6.07) is 0.566. The van der Waals surface area contributed by atoms with Crippen LogP contribution in [-0.4, -0.2) is 41.0 Å². The van der Waals surface area contributed by atoms with Gasteiger partial charge in [-0.05, 0) is 40.3 Å². The maximum atomic E-state index is 11.1. The van der Waals surface area contributed by atoms with Crippen LogP contribution in [0.15, 0.2) is 6.20 Å². The first-order valence-corrected chi connectivity index (χ1v) is 7.01. The van der Waals surface area contributed by atoms with Crippen molar-refractivity contribution in [3.8, 4) is 0 Å². The highest BCUT2D eigenvalue weighted by Gasteiger charge is 2.21. The molecule has 20 heavy (non-hydrogen) atoms. The maximum absolute atomic E-state index is 11.1. The molecule has 1 aliphatic heterocycles. The number of nitrogens with zero attached hydrogens (tertiary/aromatic N) is 3. The van der Waals surface area contributed by atoms with Crippen molar-refractivity contribution >= 4 is 5.69 Å². The van der Waals surface area contributed by atoms with Crippen LogP contribution >= 0.6 is 0 Å². The van der Waals surface area contributed by atoms with Crippen molar-refractivity contribution < 1.29 is 4.92 Å². The van der Waals surface area contributed by atoms with E-state index in [4.69, 9.17) is 0 Å². The lowest BCUT2D eigenvalue weighted by Gasteiger charge is -2.19. The Morgan fingerprint density at radius 1 is 1.55 bits per heavy atom. The molecule has 1 aliphatic rings. The Hall–Kier alpha value is -1.53. The number of likely N-dealkylation sites (N-methyl/N-ethyl adjacent to an activating group) is 1. The Balaban J connectivity index is 1.99. The van der Waals surface area contributed by atoms with Crippen LogP contribution in [0.2, 0.25) is 0 Å². The average Bonchev–Trinajstić information content (AvgIpc) is 2.78. The fraction of sp³-hybridized carbons (Fsp3) is 0.643. The Bertz CT molecular complexity index is 504. The predicted octanol–water partition coefficient (Wildman–Crippen LogP) is 1.79. The lowest BCUT2D eigenvalue weighted by molar-refractivity contribution is -0.386. The molecule has 6 heteroatoms. The van der Waals surface area contributed by atoms with E-state index in [-0.39, 0.29) is 10.6 Å². The van der Waals surface area contributed by atoms with Crippen LogP contribution in [0, 0.1) is 24.0 Å². The number of nitrogens with one attached hydrogen (secondary N) is 1. The zero-order valence-corrected chi connectivity index (χ0v) is 12.3. The first kappa shape index (κ1) is 14.9. The summed E-state index contributed by atoms with van der Waals surface area (Å²) in [4.78, 5) is 17.4. The van der Waals surface area contributed by atoms with E-state index in [1.807, 2.05) is 0 Å². The normalized spacial score (nSPS) is 19.4. The van der Waals surface area contributed by atoms with E-state index in [0.29, 0.717) is 23.7 Å². The number of hydrogen-bond donors (Lipinski definition) is 1. The SMILES string of the molecule is Cc1cnc(CNCC2CCCN2C)c(C)c1[N+](=O)[O-]. The molecule has 2 heterocycles. The minimum atomic E-state index is -0.319. The van der Waals surface area contributed by atoms with Crippen molar-refractivity contribution in [1.82, 2.24) is 15.2 Å². The molecule has 1 aromatic heterocycles. The molecule has 0 saturated carbocycles. The third-order valence-electron chi connectivity index (χ3n) is 4.10. The second-order valence-electron chi connectivity index (χ2n) is 5.53. The Morgan fingerprint density at radius 3 is 2.90 bits per heavy atom. The van der Waals surface area contributed by atoms with Crippen molar-refractivity contribution in [3.63, 3.8) is 0 Å². The first-order valence-electron chi connectivity index (χ1n) is 7.01. The number of aromatic nitrogens is 1. The van der Waals surface area contributed by atoms with Crippen molar-refractivity contribution in [2.24, 2.45) is 0 Å². The van der Waals surface area contributed by atoms with Crippen LogP contribution in [0.4, 0.5) is 5.69 Å². The zero-order valence-electron chi connectivity index (χ0n) is 12.3. The highest BCUT2D eigenvalue weighted by atomic mass is 16.6. The van der Waals surface area contributed by atoms with Crippen LogP contribution in [0.1, 0.15) is 29.7 Å². The van der Waals surface area contributed by atoms with E-state index in [1.54, 1.807) is 20.0 Å². The highest BCUT2D eigenvalue weighted by molar-refractivity contribution is 5.47. The molecule has 1 N–H and O–H groups in total. The summed E-state index contributed by atoms with van der Waals surface area (Å²) >= 11 is 0. The Kier molecular flexibility index (Phi) is 4.67. The lowest BCUT2D eigenvalue weighted by atomic mass is 10.1. The molecule has 2 rings (SSSR count). The molecule has 6 nitrogen and oxygen atoms in total. The van der Waals surface area contributed by atoms with E-state index in [2.05, 4.69) is 22.2 Å². The summed E-state index contributed by atoms with van der Waals surface area (Å²) in [6.07, 6.45) is 4.05. The predicted molar refractivity (Wildman–Crippen MR) is 77.7 cm³/mol. The summed E-state index contributed by atoms with van der Waals surface area (Å²) in [5.74, 6) is 0. The Labute approximate surface area is 119 Å². The number of aryl methyl sites for hydroxylation is 1. The van der Waals surface area contributed by atoms with Crippen LogP contribution in [0.3, 0.4) is 0 Å². The van der Waals surface area contributed by atoms with Gasteiger partial charge in [-0.2, -0.15) is 0 Å². The fourth-order valence-corrected chi connectivity index (χ4v) is 2.82.